The fraction of sp³-hybridized carbons (Fsp3) is 0.227. The van der Waals surface area contributed by atoms with Gasteiger partial charge in [-0.05, 0) is 30.7 Å². The van der Waals surface area contributed by atoms with Gasteiger partial charge in [-0.25, -0.2) is 9.97 Å². The molecule has 0 aliphatic carbocycles. The highest BCUT2D eigenvalue weighted by molar-refractivity contribution is 8.00. The molecule has 0 aliphatic rings. The number of imidazole rings is 1. The number of thiazole rings is 1. The zero-order valence-corrected chi connectivity index (χ0v) is 20.5. The van der Waals surface area contributed by atoms with Crippen LogP contribution in [0.25, 0.3) is 10.2 Å². The van der Waals surface area contributed by atoms with Crippen molar-refractivity contribution in [3.05, 3.63) is 66.2 Å². The Morgan fingerprint density at radius 3 is 2.78 bits per heavy atom. The van der Waals surface area contributed by atoms with Gasteiger partial charge in [0.2, 0.25) is 5.91 Å². The summed E-state index contributed by atoms with van der Waals surface area (Å²) in [7, 11) is 1.60. The molecule has 168 valence electrons. The number of thioether (sulfide) groups is 1. The first-order valence-electron chi connectivity index (χ1n) is 9.72. The smallest absolute Gasteiger partial charge is 0.239 e. The Kier molecular flexibility index (Phi) is 8.81. The van der Waals surface area contributed by atoms with Gasteiger partial charge in [-0.3, -0.25) is 9.69 Å². The van der Waals surface area contributed by atoms with Crippen LogP contribution in [0.2, 0.25) is 5.02 Å². The maximum absolute atomic E-state index is 13.2. The van der Waals surface area contributed by atoms with Gasteiger partial charge in [-0.2, -0.15) is 0 Å². The lowest BCUT2D eigenvalue weighted by Gasteiger charge is -2.20. The molecule has 2 heterocycles. The van der Waals surface area contributed by atoms with Crippen LogP contribution in [-0.2, 0) is 11.3 Å². The van der Waals surface area contributed by atoms with Crippen molar-refractivity contribution in [1.29, 1.82) is 0 Å². The lowest BCUT2D eigenvalue weighted by molar-refractivity contribution is -0.116. The number of amides is 1. The Hall–Kier alpha value is -2.26. The molecule has 6 nitrogen and oxygen atoms in total. The van der Waals surface area contributed by atoms with E-state index in [-0.39, 0.29) is 18.3 Å². The molecule has 0 unspecified atom stereocenters. The number of benzene rings is 2. The van der Waals surface area contributed by atoms with Crippen molar-refractivity contribution < 1.29 is 9.53 Å². The molecule has 32 heavy (non-hydrogen) atoms. The summed E-state index contributed by atoms with van der Waals surface area (Å²) in [5, 5.41) is 1.23. The monoisotopic (exact) mass is 508 g/mol. The van der Waals surface area contributed by atoms with Gasteiger partial charge in [0, 0.05) is 30.4 Å². The maximum Gasteiger partial charge on any atom is 0.239 e. The third kappa shape index (κ3) is 5.75. The number of aryl methyl sites for hydroxylation is 1. The summed E-state index contributed by atoms with van der Waals surface area (Å²) in [6.45, 7) is 1.32. The number of rotatable bonds is 9. The first kappa shape index (κ1) is 24.4. The Morgan fingerprint density at radius 1 is 1.25 bits per heavy atom. The zero-order valence-electron chi connectivity index (χ0n) is 17.3. The van der Waals surface area contributed by atoms with Crippen LogP contribution in [0, 0.1) is 0 Å². The van der Waals surface area contributed by atoms with Crippen molar-refractivity contribution in [2.45, 2.75) is 17.9 Å². The Balaban J connectivity index is 0.00000289. The minimum atomic E-state index is 0. The third-order valence-electron chi connectivity index (χ3n) is 4.66. The van der Waals surface area contributed by atoms with Crippen LogP contribution in [0.3, 0.4) is 0 Å². The number of fused-ring (bicyclic) bond motifs is 1. The maximum atomic E-state index is 13.2. The second-order valence-corrected chi connectivity index (χ2v) is 9.16. The molecule has 0 saturated heterocycles. The molecular weight excluding hydrogens is 487 g/mol. The van der Waals surface area contributed by atoms with E-state index in [0.717, 1.165) is 22.6 Å². The molecule has 1 amide bonds. The number of halogens is 2. The molecule has 0 fully saturated rings. The average molecular weight is 509 g/mol. The highest BCUT2D eigenvalue weighted by Crippen LogP contribution is 2.39. The number of carbonyl (C=O) groups is 1. The van der Waals surface area contributed by atoms with E-state index >= 15 is 0 Å². The standard InChI is InChI=1S/C22H21ClN4O2S2.ClH/c1-29-18-9-8-17(23)21-20(18)25-22(31-21)27(12-5-11-26-13-10-24-15-26)19(28)14-30-16-6-3-2-4-7-16;/h2-4,6-10,13,15H,5,11-12,14H2,1H3;1H. The molecule has 0 spiro atoms. The lowest BCUT2D eigenvalue weighted by Crippen LogP contribution is -2.33. The van der Waals surface area contributed by atoms with Crippen molar-refractivity contribution in [3.8, 4) is 5.75 Å². The van der Waals surface area contributed by atoms with E-state index in [2.05, 4.69) is 4.98 Å². The summed E-state index contributed by atoms with van der Waals surface area (Å²) >= 11 is 9.33. The molecule has 0 bridgehead atoms. The molecule has 10 heteroatoms. The topological polar surface area (TPSA) is 60.2 Å². The van der Waals surface area contributed by atoms with Gasteiger partial charge in [-0.15, -0.1) is 24.2 Å². The van der Waals surface area contributed by atoms with E-state index in [1.54, 1.807) is 36.7 Å². The van der Waals surface area contributed by atoms with E-state index in [0.29, 0.717) is 33.7 Å². The van der Waals surface area contributed by atoms with Gasteiger partial charge >= 0.3 is 0 Å². The number of methoxy groups -OCH3 is 1. The summed E-state index contributed by atoms with van der Waals surface area (Å²) < 4.78 is 8.26. The van der Waals surface area contributed by atoms with E-state index in [1.165, 1.54) is 23.1 Å². The molecular formula is C22H22Cl2N4O2S2. The van der Waals surface area contributed by atoms with Crippen LogP contribution in [0.4, 0.5) is 5.13 Å². The summed E-state index contributed by atoms with van der Waals surface area (Å²) in [5.41, 5.74) is 0.679. The number of hydrogen-bond acceptors (Lipinski definition) is 6. The SMILES string of the molecule is COc1ccc(Cl)c2sc(N(CCCn3ccnc3)C(=O)CSc3ccccc3)nc12.Cl. The van der Waals surface area contributed by atoms with Gasteiger partial charge in [0.05, 0.1) is 28.9 Å². The molecule has 2 aromatic heterocycles. The molecule has 4 rings (SSSR count). The molecule has 4 aromatic rings. The second-order valence-electron chi connectivity index (χ2n) is 6.72. The van der Waals surface area contributed by atoms with Crippen molar-refractivity contribution >= 4 is 68.4 Å². The molecule has 0 N–H and O–H groups in total. The van der Waals surface area contributed by atoms with Gasteiger partial charge in [0.1, 0.15) is 11.3 Å². The van der Waals surface area contributed by atoms with Crippen molar-refractivity contribution in [2.24, 2.45) is 0 Å². The normalized spacial score (nSPS) is 10.7. The largest absolute Gasteiger partial charge is 0.494 e. The highest BCUT2D eigenvalue weighted by atomic mass is 35.5. The summed E-state index contributed by atoms with van der Waals surface area (Å²) in [4.78, 5) is 24.8. The number of anilines is 1. The number of carbonyl (C=O) groups excluding carboxylic acids is 1. The predicted octanol–water partition coefficient (Wildman–Crippen LogP) is 5.79. The van der Waals surface area contributed by atoms with Crippen LogP contribution in [0.1, 0.15) is 6.42 Å². The first-order valence-corrected chi connectivity index (χ1v) is 11.9. The van der Waals surface area contributed by atoms with Crippen molar-refractivity contribution in [3.63, 3.8) is 0 Å². The van der Waals surface area contributed by atoms with Crippen molar-refractivity contribution in [2.75, 3.05) is 24.3 Å². The third-order valence-corrected chi connectivity index (χ3v) is 7.20. The average Bonchev–Trinajstić information content (AvgIpc) is 3.47. The van der Waals surface area contributed by atoms with E-state index < -0.39 is 0 Å². The Bertz CT molecular complexity index is 1150. The minimum absolute atomic E-state index is 0. The Morgan fingerprint density at radius 2 is 2.06 bits per heavy atom. The Labute approximate surface area is 206 Å². The molecule has 0 saturated carbocycles. The molecule has 2 aromatic carbocycles. The molecule has 0 radical (unpaired) electrons. The van der Waals surface area contributed by atoms with Crippen LogP contribution in [0.5, 0.6) is 5.75 Å². The quantitative estimate of drug-likeness (QED) is 0.267. The zero-order chi connectivity index (χ0) is 21.6. The van der Waals surface area contributed by atoms with Gasteiger partial charge in [0.25, 0.3) is 0 Å². The second kappa shape index (κ2) is 11.6. The summed E-state index contributed by atoms with van der Waals surface area (Å²) in [6, 6.07) is 13.5. The number of aromatic nitrogens is 3. The number of nitrogens with zero attached hydrogens (tertiary/aromatic N) is 4. The van der Waals surface area contributed by atoms with Gasteiger partial charge in [0.15, 0.2) is 5.13 Å². The van der Waals surface area contributed by atoms with Gasteiger partial charge in [-0.1, -0.05) is 41.1 Å². The fourth-order valence-electron chi connectivity index (χ4n) is 3.12. The van der Waals surface area contributed by atoms with Crippen LogP contribution >= 0.6 is 47.1 Å². The minimum Gasteiger partial charge on any atom is -0.494 e. The fourth-order valence-corrected chi connectivity index (χ4v) is 5.21. The van der Waals surface area contributed by atoms with E-state index in [9.17, 15) is 4.79 Å². The lowest BCUT2D eigenvalue weighted by atomic mass is 10.3. The van der Waals surface area contributed by atoms with Crippen molar-refractivity contribution in [1.82, 2.24) is 14.5 Å². The summed E-state index contributed by atoms with van der Waals surface area (Å²) in [6.07, 6.45) is 6.22. The molecule has 0 aliphatic heterocycles. The highest BCUT2D eigenvalue weighted by Gasteiger charge is 2.22. The summed E-state index contributed by atoms with van der Waals surface area (Å²) in [5.74, 6) is 0.982. The predicted molar refractivity (Wildman–Crippen MR) is 135 cm³/mol. The van der Waals surface area contributed by atoms with Crippen LogP contribution < -0.4 is 9.64 Å². The van der Waals surface area contributed by atoms with E-state index in [4.69, 9.17) is 21.3 Å². The first-order chi connectivity index (χ1) is 15.2. The van der Waals surface area contributed by atoms with Crippen LogP contribution in [0.15, 0.2) is 66.1 Å². The number of ether oxygens (including phenoxy) is 1. The number of hydrogen-bond donors (Lipinski definition) is 0. The van der Waals surface area contributed by atoms with Crippen LogP contribution in [-0.4, -0.2) is 39.8 Å². The molecule has 0 atom stereocenters. The van der Waals surface area contributed by atoms with Gasteiger partial charge < -0.3 is 9.30 Å². The van der Waals surface area contributed by atoms with E-state index in [1.807, 2.05) is 41.1 Å².